The first-order valence-corrected chi connectivity index (χ1v) is 37.5. The lowest BCUT2D eigenvalue weighted by Gasteiger charge is -2.28. The summed E-state index contributed by atoms with van der Waals surface area (Å²) in [5.74, 6) is 5.39. The maximum absolute atomic E-state index is 11.7. The molecule has 4 N–H and O–H groups in total. The molecule has 3 aliphatic heterocycles. The predicted octanol–water partition coefficient (Wildman–Crippen LogP) is 14.2. The number of hydrogen-bond donors (Lipinski definition) is 4. The predicted molar refractivity (Wildman–Crippen MR) is 409 cm³/mol. The SMILES string of the molecule is CC(=O)N1CCc2nc(Nc3ncc4c5ccncc5n(C5CCC(C)CC5)c4n3)ccc2C1.CC(=O)N1CCc2nc(Nc3ncc4c5ccncc5n(C5CCC(C)CC5)c4n3)ccc2C1.CC(=O)OC(C)=O.CC1CCC(n2c3cnccc3c3cnc(Nc4ccc5c(n4)CCNC5)nc32)CC1. The van der Waals surface area contributed by atoms with Crippen molar-refractivity contribution in [2.45, 2.75) is 183 Å². The maximum Gasteiger partial charge on any atom is 0.310 e. The fraction of sp³-hybridized carbons (Fsp3) is 0.425. The van der Waals surface area contributed by atoms with Gasteiger partial charge in [0.25, 0.3) is 0 Å². The van der Waals surface area contributed by atoms with Crippen LogP contribution in [0.1, 0.15) is 177 Å². The van der Waals surface area contributed by atoms with Gasteiger partial charge in [-0.3, -0.25) is 34.1 Å². The molecule has 106 heavy (non-hydrogen) atoms. The minimum atomic E-state index is -0.562. The van der Waals surface area contributed by atoms with Gasteiger partial charge in [-0.1, -0.05) is 39.0 Å². The Morgan fingerprint density at radius 2 is 0.745 bits per heavy atom. The molecule has 6 aliphatic rings. The third-order valence-corrected chi connectivity index (χ3v) is 22.0. The van der Waals surface area contributed by atoms with E-state index in [0.717, 1.165) is 182 Å². The lowest BCUT2D eigenvalue weighted by molar-refractivity contribution is -0.156. The number of amides is 2. The van der Waals surface area contributed by atoms with Crippen LogP contribution in [-0.4, -0.2) is 127 Å². The van der Waals surface area contributed by atoms with Gasteiger partial charge in [-0.15, -0.1) is 0 Å². The molecule has 0 saturated heterocycles. The first-order chi connectivity index (χ1) is 51.5. The van der Waals surface area contributed by atoms with E-state index in [4.69, 9.17) is 29.9 Å². The summed E-state index contributed by atoms with van der Waals surface area (Å²) in [4.78, 5) is 103. The quantitative estimate of drug-likeness (QED) is 0.0771. The van der Waals surface area contributed by atoms with Crippen molar-refractivity contribution >= 4 is 125 Å². The van der Waals surface area contributed by atoms with Crippen LogP contribution in [0.25, 0.3) is 65.8 Å². The van der Waals surface area contributed by atoms with Crippen LogP contribution in [0.5, 0.6) is 0 Å². The molecule has 12 aromatic rings. The van der Waals surface area contributed by atoms with E-state index in [1.165, 1.54) is 76.2 Å². The standard InChI is InChI=1S/2C26H29N7O.C24H27N7.C4H6O3/c2*1-16-3-6-19(7-4-16)33-23-14-27-11-9-20(23)21-13-28-26(31-25(21)33)30-24-8-5-18-15-32(17(2)34)12-10-22(18)29-24;1-15-2-5-17(6-3-15)31-21-14-26-10-8-18(21)19-13-27-24(30-23(19)31)29-22-7-4-16-12-25-11-9-20(16)28-22;1-3(5)7-4(2)6/h2*5,8-9,11,13-14,16,19H,3-4,6-7,10,12,15H2,1-2H3,(H,28,29,30,31);4,7-8,10,13-15,17,25H,2-3,5-6,9,11-12H2,1H3,(H,27,28,29,30);1-2H3. The summed E-state index contributed by atoms with van der Waals surface area (Å²) >= 11 is 0. The molecule has 3 saturated carbocycles. The van der Waals surface area contributed by atoms with Crippen LogP contribution in [0.4, 0.5) is 35.3 Å². The van der Waals surface area contributed by atoms with E-state index in [1.807, 2.05) is 95.9 Å². The monoisotopic (exact) mass is 1430 g/mol. The Kier molecular flexibility index (Phi) is 20.6. The second-order valence-electron chi connectivity index (χ2n) is 29.5. The van der Waals surface area contributed by atoms with E-state index in [2.05, 4.69) is 115 Å². The molecule has 12 aromatic heterocycles. The highest BCUT2D eigenvalue weighted by Crippen LogP contribution is 2.42. The number of aromatic nitrogens is 15. The third kappa shape index (κ3) is 15.3. The van der Waals surface area contributed by atoms with Gasteiger partial charge >= 0.3 is 11.9 Å². The molecule has 0 atom stereocenters. The largest absolute Gasteiger partial charge is 0.394 e. The van der Waals surface area contributed by atoms with Crippen molar-refractivity contribution in [2.24, 2.45) is 17.8 Å². The Balaban J connectivity index is 0.000000122. The van der Waals surface area contributed by atoms with Crippen LogP contribution in [0.3, 0.4) is 0 Å². The van der Waals surface area contributed by atoms with Gasteiger partial charge in [0.1, 0.15) is 34.4 Å². The number of pyridine rings is 6. The number of rotatable bonds is 9. The Morgan fingerprint density at radius 3 is 1.08 bits per heavy atom. The number of nitrogens with zero attached hydrogens (tertiary/aromatic N) is 17. The van der Waals surface area contributed by atoms with Crippen molar-refractivity contribution in [3.05, 3.63) is 144 Å². The Bertz CT molecular complexity index is 5050. The van der Waals surface area contributed by atoms with E-state index in [0.29, 0.717) is 62.1 Å². The number of fused-ring (bicyclic) bond motifs is 12. The lowest BCUT2D eigenvalue weighted by atomic mass is 9.87. The second-order valence-corrected chi connectivity index (χ2v) is 29.5. The van der Waals surface area contributed by atoms with E-state index in [-0.39, 0.29) is 11.8 Å². The van der Waals surface area contributed by atoms with Crippen molar-refractivity contribution in [2.75, 3.05) is 35.6 Å². The second kappa shape index (κ2) is 31.0. The highest BCUT2D eigenvalue weighted by atomic mass is 16.6. The van der Waals surface area contributed by atoms with Gasteiger partial charge in [0.15, 0.2) is 0 Å². The zero-order valence-corrected chi connectivity index (χ0v) is 61.3. The summed E-state index contributed by atoms with van der Waals surface area (Å²) in [6, 6.07) is 19.6. The summed E-state index contributed by atoms with van der Waals surface area (Å²) in [6.07, 6.45) is 34.1. The molecule has 0 radical (unpaired) electrons. The maximum atomic E-state index is 11.7. The number of ether oxygens (including phenoxy) is 1. The smallest absolute Gasteiger partial charge is 0.310 e. The van der Waals surface area contributed by atoms with Crippen molar-refractivity contribution in [3.63, 3.8) is 0 Å². The molecule has 18 rings (SSSR count). The van der Waals surface area contributed by atoms with Crippen molar-refractivity contribution in [3.8, 4) is 0 Å². The molecule has 546 valence electrons. The van der Waals surface area contributed by atoms with Gasteiger partial charge in [0, 0.05) is 191 Å². The molecule has 26 heteroatoms. The molecule has 15 heterocycles. The van der Waals surface area contributed by atoms with E-state index < -0.39 is 11.9 Å². The highest BCUT2D eigenvalue weighted by Gasteiger charge is 2.30. The Morgan fingerprint density at radius 1 is 0.406 bits per heavy atom. The number of carbonyl (C=O) groups excluding carboxylic acids is 4. The molecular weight excluding hydrogens is 1340 g/mol. The topological polar surface area (TPSA) is 302 Å². The summed E-state index contributed by atoms with van der Waals surface area (Å²) in [5.41, 5.74) is 13.0. The molecule has 3 fully saturated rings. The minimum absolute atomic E-state index is 0.104. The lowest BCUT2D eigenvalue weighted by Crippen LogP contribution is -2.34. The van der Waals surface area contributed by atoms with Gasteiger partial charge in [0.05, 0.1) is 35.1 Å². The van der Waals surface area contributed by atoms with Crippen molar-refractivity contribution < 1.29 is 23.9 Å². The Labute approximate surface area is 614 Å². The van der Waals surface area contributed by atoms with Gasteiger partial charge in [-0.05, 0) is 148 Å². The normalized spacial score (nSPS) is 19.9. The molecule has 0 aromatic carbocycles. The van der Waals surface area contributed by atoms with Crippen LogP contribution in [-0.2, 0) is 62.8 Å². The molecule has 2 amide bonds. The molecule has 0 bridgehead atoms. The van der Waals surface area contributed by atoms with Gasteiger partial charge in [0.2, 0.25) is 29.7 Å². The molecule has 0 spiro atoms. The summed E-state index contributed by atoms with van der Waals surface area (Å²) in [7, 11) is 0. The molecular formula is C80H91N21O5. The first-order valence-electron chi connectivity index (χ1n) is 37.5. The van der Waals surface area contributed by atoms with Crippen LogP contribution in [0.15, 0.2) is 110 Å². The van der Waals surface area contributed by atoms with Crippen LogP contribution in [0.2, 0.25) is 0 Å². The third-order valence-electron chi connectivity index (χ3n) is 22.0. The van der Waals surface area contributed by atoms with E-state index >= 15 is 0 Å². The first kappa shape index (κ1) is 70.6. The number of esters is 2. The molecule has 0 unspecified atom stereocenters. The minimum Gasteiger partial charge on any atom is -0.394 e. The van der Waals surface area contributed by atoms with Crippen LogP contribution < -0.4 is 21.3 Å². The van der Waals surface area contributed by atoms with Crippen LogP contribution >= 0.6 is 0 Å². The van der Waals surface area contributed by atoms with E-state index in [1.54, 1.807) is 13.8 Å². The van der Waals surface area contributed by atoms with Crippen molar-refractivity contribution in [1.82, 2.24) is 88.6 Å². The number of nitrogens with one attached hydrogen (secondary N) is 4. The Hall–Kier alpha value is -11.0. The number of hydrogen-bond acceptors (Lipinski definition) is 21. The summed E-state index contributed by atoms with van der Waals surface area (Å²) < 4.78 is 11.1. The fourth-order valence-corrected chi connectivity index (χ4v) is 16.3. The average molecular weight is 1430 g/mol. The fourth-order valence-electron chi connectivity index (χ4n) is 16.3. The zero-order chi connectivity index (χ0) is 73.1. The van der Waals surface area contributed by atoms with E-state index in [9.17, 15) is 19.2 Å². The number of anilines is 6. The van der Waals surface area contributed by atoms with Gasteiger partial charge < -0.3 is 49.5 Å². The number of carbonyl (C=O) groups is 4. The van der Waals surface area contributed by atoms with Crippen molar-refractivity contribution in [1.29, 1.82) is 0 Å². The zero-order valence-electron chi connectivity index (χ0n) is 61.3. The van der Waals surface area contributed by atoms with Crippen LogP contribution in [0, 0.1) is 17.8 Å². The molecule has 26 nitrogen and oxygen atoms in total. The average Bonchev–Trinajstić information content (AvgIpc) is 1.61. The molecule has 3 aliphatic carbocycles. The highest BCUT2D eigenvalue weighted by molar-refractivity contribution is 6.08. The summed E-state index contributed by atoms with van der Waals surface area (Å²) in [5, 5.41) is 20.1. The van der Waals surface area contributed by atoms with Gasteiger partial charge in [-0.2, -0.15) is 15.0 Å². The van der Waals surface area contributed by atoms with Gasteiger partial charge in [-0.25, -0.2) is 29.9 Å². The summed E-state index contributed by atoms with van der Waals surface area (Å²) in [6.45, 7) is 17.1.